The summed E-state index contributed by atoms with van der Waals surface area (Å²) in [4.78, 5) is 8.79. The molecular formula is C9H20B2N6. The molecule has 0 bridgehead atoms. The number of H-pyrrole nitrogens is 1. The molecule has 0 aromatic carbocycles. The second-order valence-electron chi connectivity index (χ2n) is 4.98. The minimum Gasteiger partial charge on any atom is -0.359 e. The first kappa shape index (κ1) is 12.4. The Morgan fingerprint density at radius 2 is 2.06 bits per heavy atom. The summed E-state index contributed by atoms with van der Waals surface area (Å²) in [6.07, 6.45) is 1.56. The predicted octanol–water partition coefficient (Wildman–Crippen LogP) is 0.460. The number of hydrogen-bond donors (Lipinski definition) is 1. The summed E-state index contributed by atoms with van der Waals surface area (Å²) in [5.41, 5.74) is 0. The summed E-state index contributed by atoms with van der Waals surface area (Å²) in [5, 5.41) is 6.87. The molecule has 1 aromatic heterocycles. The molecule has 0 amide bonds. The van der Waals surface area contributed by atoms with Gasteiger partial charge in [-0.1, -0.05) is 27.5 Å². The Kier molecular flexibility index (Phi) is 3.44. The SMILES string of the molecule is CB1N(C)CN(c2ncn[nH]2)B(C)N1C(C)C. The standard InChI is InChI=1S/C9H20B2N6/c1-8(2)17-10(3)15(5)7-16(11(17)4)9-12-6-13-14-9/h6,8H,7H2,1-5H3,(H,12,13,14). The maximum atomic E-state index is 4.25. The van der Waals surface area contributed by atoms with Gasteiger partial charge in [-0.2, -0.15) is 5.10 Å². The fourth-order valence-corrected chi connectivity index (χ4v) is 2.62. The second kappa shape index (κ2) is 4.70. The fourth-order valence-electron chi connectivity index (χ4n) is 2.62. The molecule has 0 radical (unpaired) electrons. The highest BCUT2D eigenvalue weighted by Gasteiger charge is 2.41. The Hall–Kier alpha value is -1.01. The van der Waals surface area contributed by atoms with Crippen molar-refractivity contribution in [3.63, 3.8) is 0 Å². The van der Waals surface area contributed by atoms with Crippen LogP contribution in [-0.2, 0) is 0 Å². The topological polar surface area (TPSA) is 51.3 Å². The van der Waals surface area contributed by atoms with Gasteiger partial charge >= 0.3 is 6.98 Å². The number of nitrogens with one attached hydrogen (secondary N) is 1. The molecule has 1 aliphatic rings. The van der Waals surface area contributed by atoms with E-state index in [1.807, 2.05) is 0 Å². The van der Waals surface area contributed by atoms with E-state index in [0.717, 1.165) is 12.6 Å². The molecule has 92 valence electrons. The molecule has 2 heterocycles. The molecule has 2 rings (SSSR count). The Morgan fingerprint density at radius 3 is 2.59 bits per heavy atom. The van der Waals surface area contributed by atoms with Crippen molar-refractivity contribution in [2.24, 2.45) is 0 Å². The number of rotatable bonds is 2. The lowest BCUT2D eigenvalue weighted by atomic mass is 9.57. The third kappa shape index (κ3) is 2.19. The highest BCUT2D eigenvalue weighted by atomic mass is 15.4. The van der Waals surface area contributed by atoms with Gasteiger partial charge in [-0.3, -0.25) is 0 Å². The molecule has 0 atom stereocenters. The first-order valence-electron chi connectivity index (χ1n) is 6.12. The van der Waals surface area contributed by atoms with E-state index in [0.29, 0.717) is 20.0 Å². The predicted molar refractivity (Wildman–Crippen MR) is 71.7 cm³/mol. The summed E-state index contributed by atoms with van der Waals surface area (Å²) in [6.45, 7) is 10.5. The van der Waals surface area contributed by atoms with Gasteiger partial charge in [0.25, 0.3) is 6.98 Å². The second-order valence-corrected chi connectivity index (χ2v) is 4.98. The van der Waals surface area contributed by atoms with E-state index in [1.165, 1.54) is 0 Å². The Bertz CT molecular complexity index is 356. The van der Waals surface area contributed by atoms with Crippen LogP contribution in [0.4, 0.5) is 5.95 Å². The van der Waals surface area contributed by atoms with Crippen LogP contribution in [0.1, 0.15) is 13.8 Å². The summed E-state index contributed by atoms with van der Waals surface area (Å²) in [5.74, 6) is 0.835. The molecule has 1 aromatic rings. The number of aromatic nitrogens is 3. The summed E-state index contributed by atoms with van der Waals surface area (Å²) in [7, 11) is 2.13. The van der Waals surface area contributed by atoms with Gasteiger partial charge in [-0.05, 0) is 13.1 Å². The van der Waals surface area contributed by atoms with Gasteiger partial charge in [0, 0.05) is 0 Å². The van der Waals surface area contributed by atoms with E-state index in [4.69, 9.17) is 0 Å². The van der Waals surface area contributed by atoms with Crippen molar-refractivity contribution in [2.45, 2.75) is 33.5 Å². The smallest absolute Gasteiger partial charge is 0.333 e. The molecule has 6 nitrogen and oxygen atoms in total. The maximum absolute atomic E-state index is 4.25. The van der Waals surface area contributed by atoms with E-state index >= 15 is 0 Å². The zero-order valence-electron chi connectivity index (χ0n) is 11.3. The molecule has 1 saturated heterocycles. The Morgan fingerprint density at radius 1 is 1.35 bits per heavy atom. The first-order chi connectivity index (χ1) is 8.02. The number of anilines is 1. The summed E-state index contributed by atoms with van der Waals surface area (Å²) in [6, 6.07) is 0.494. The lowest BCUT2D eigenvalue weighted by Gasteiger charge is -2.49. The van der Waals surface area contributed by atoms with Crippen molar-refractivity contribution >= 4 is 19.9 Å². The van der Waals surface area contributed by atoms with Crippen LogP contribution in [0, 0.1) is 0 Å². The molecule has 0 spiro atoms. The zero-order chi connectivity index (χ0) is 12.6. The Labute approximate surface area is 104 Å². The highest BCUT2D eigenvalue weighted by Crippen LogP contribution is 2.20. The third-order valence-electron chi connectivity index (χ3n) is 3.60. The number of aromatic amines is 1. The van der Waals surface area contributed by atoms with Gasteiger partial charge in [0.15, 0.2) is 0 Å². The quantitative estimate of drug-likeness (QED) is 0.753. The van der Waals surface area contributed by atoms with Gasteiger partial charge in [0.2, 0.25) is 5.95 Å². The average Bonchev–Trinajstić information content (AvgIpc) is 2.76. The van der Waals surface area contributed by atoms with Crippen LogP contribution in [-0.4, -0.2) is 58.4 Å². The van der Waals surface area contributed by atoms with Gasteiger partial charge in [0.1, 0.15) is 6.33 Å². The molecule has 1 aliphatic heterocycles. The maximum Gasteiger partial charge on any atom is 0.333 e. The molecule has 1 fully saturated rings. The number of nitrogens with zero attached hydrogens (tertiary/aromatic N) is 5. The molecular weight excluding hydrogens is 214 g/mol. The Balaban J connectivity index is 2.25. The molecule has 0 aliphatic carbocycles. The molecule has 8 heteroatoms. The van der Waals surface area contributed by atoms with Crippen molar-refractivity contribution in [2.75, 3.05) is 18.5 Å². The van der Waals surface area contributed by atoms with E-state index in [-0.39, 0.29) is 0 Å². The van der Waals surface area contributed by atoms with Crippen LogP contribution in [0.15, 0.2) is 6.33 Å². The zero-order valence-corrected chi connectivity index (χ0v) is 11.3. The lowest BCUT2D eigenvalue weighted by Crippen LogP contribution is -2.70. The van der Waals surface area contributed by atoms with Crippen molar-refractivity contribution < 1.29 is 0 Å². The first-order valence-corrected chi connectivity index (χ1v) is 6.12. The van der Waals surface area contributed by atoms with Crippen LogP contribution >= 0.6 is 0 Å². The average molecular weight is 234 g/mol. The van der Waals surface area contributed by atoms with E-state index in [2.05, 4.69) is 64.1 Å². The fraction of sp³-hybridized carbons (Fsp3) is 0.778. The minimum absolute atomic E-state index is 0.314. The molecule has 0 unspecified atom stereocenters. The summed E-state index contributed by atoms with van der Waals surface area (Å²) >= 11 is 0. The van der Waals surface area contributed by atoms with Gasteiger partial charge in [0.05, 0.1) is 6.67 Å². The van der Waals surface area contributed by atoms with Gasteiger partial charge < -0.3 is 14.3 Å². The van der Waals surface area contributed by atoms with Crippen molar-refractivity contribution in [3.05, 3.63) is 6.33 Å². The molecule has 0 saturated carbocycles. The monoisotopic (exact) mass is 234 g/mol. The largest absolute Gasteiger partial charge is 0.359 e. The van der Waals surface area contributed by atoms with Crippen LogP contribution in [0.5, 0.6) is 0 Å². The number of hydrogen-bond acceptors (Lipinski definition) is 5. The van der Waals surface area contributed by atoms with Crippen molar-refractivity contribution in [3.8, 4) is 0 Å². The highest BCUT2D eigenvalue weighted by molar-refractivity contribution is 6.73. The van der Waals surface area contributed by atoms with Gasteiger partial charge in [-0.15, -0.1) is 0 Å². The van der Waals surface area contributed by atoms with E-state index in [9.17, 15) is 0 Å². The van der Waals surface area contributed by atoms with Crippen LogP contribution in [0.2, 0.25) is 13.6 Å². The van der Waals surface area contributed by atoms with Crippen LogP contribution in [0.25, 0.3) is 0 Å². The van der Waals surface area contributed by atoms with Crippen molar-refractivity contribution in [1.29, 1.82) is 0 Å². The normalized spacial score (nSPS) is 19.5. The molecule has 1 N–H and O–H groups in total. The van der Waals surface area contributed by atoms with Crippen molar-refractivity contribution in [1.82, 2.24) is 24.7 Å². The van der Waals surface area contributed by atoms with E-state index in [1.54, 1.807) is 6.33 Å². The van der Waals surface area contributed by atoms with Crippen LogP contribution in [0.3, 0.4) is 0 Å². The van der Waals surface area contributed by atoms with Crippen LogP contribution < -0.4 is 4.81 Å². The third-order valence-corrected chi connectivity index (χ3v) is 3.60. The summed E-state index contributed by atoms with van der Waals surface area (Å²) < 4.78 is 2.46. The molecule has 17 heavy (non-hydrogen) atoms. The van der Waals surface area contributed by atoms with E-state index < -0.39 is 0 Å². The minimum atomic E-state index is 0.314. The van der Waals surface area contributed by atoms with Gasteiger partial charge in [-0.25, -0.2) is 10.1 Å². The lowest BCUT2D eigenvalue weighted by molar-refractivity contribution is 0.404.